The molecule has 2 atom stereocenters. The summed E-state index contributed by atoms with van der Waals surface area (Å²) in [5.74, 6) is 1.84. The van der Waals surface area contributed by atoms with E-state index in [1.165, 1.54) is 7.11 Å². The summed E-state index contributed by atoms with van der Waals surface area (Å²) in [6.45, 7) is 11.3. The third-order valence-corrected chi connectivity index (χ3v) is 10.0. The van der Waals surface area contributed by atoms with E-state index in [0.29, 0.717) is 6.54 Å². The maximum absolute atomic E-state index is 12.8. The minimum atomic E-state index is -0.539. The number of likely N-dealkylation sites (tertiary alicyclic amines) is 2. The van der Waals surface area contributed by atoms with Crippen molar-refractivity contribution >= 4 is 23.0 Å². The molecule has 2 amide bonds. The summed E-state index contributed by atoms with van der Waals surface area (Å²) in [4.78, 5) is 45.3. The molecule has 3 aromatic carbocycles. The van der Waals surface area contributed by atoms with Gasteiger partial charge in [-0.15, -0.1) is 0 Å². The number of alkyl carbamates (subject to hydrolysis) is 1. The Bertz CT molecular complexity index is 2120. The van der Waals surface area contributed by atoms with Crippen LogP contribution in [0.1, 0.15) is 84.0 Å². The highest BCUT2D eigenvalue weighted by molar-refractivity contribution is 5.90. The molecule has 0 saturated carbocycles. The number of allylic oxidation sites excluding steroid dienone is 1. The summed E-state index contributed by atoms with van der Waals surface area (Å²) < 4.78 is 10.5. The van der Waals surface area contributed by atoms with Crippen LogP contribution >= 0.6 is 0 Å². The Balaban J connectivity index is 1.03. The molecule has 7 rings (SSSR count). The zero-order valence-corrected chi connectivity index (χ0v) is 31.4. The van der Waals surface area contributed by atoms with Crippen LogP contribution < -0.4 is 5.32 Å². The Labute approximate surface area is 310 Å². The second kappa shape index (κ2) is 14.8. The second-order valence-electron chi connectivity index (χ2n) is 15.3. The molecule has 53 heavy (non-hydrogen) atoms. The molecular formula is C42H49N7O4. The summed E-state index contributed by atoms with van der Waals surface area (Å²) in [5.41, 5.74) is 6.56. The van der Waals surface area contributed by atoms with Gasteiger partial charge in [0.05, 0.1) is 43.0 Å². The first-order valence-corrected chi connectivity index (χ1v) is 18.5. The normalized spacial score (nSPS) is 17.9. The van der Waals surface area contributed by atoms with Gasteiger partial charge in [-0.05, 0) is 92.0 Å². The van der Waals surface area contributed by atoms with Crippen LogP contribution in [0.5, 0.6) is 0 Å². The van der Waals surface area contributed by atoms with Gasteiger partial charge in [0, 0.05) is 30.5 Å². The molecular weight excluding hydrogens is 667 g/mol. The number of fused-ring (bicyclic) bond motifs is 1. The van der Waals surface area contributed by atoms with Crippen LogP contribution in [0.2, 0.25) is 0 Å². The Morgan fingerprint density at radius 1 is 0.811 bits per heavy atom. The third-order valence-electron chi connectivity index (χ3n) is 10.0. The predicted molar refractivity (Wildman–Crippen MR) is 207 cm³/mol. The molecule has 0 aliphatic carbocycles. The van der Waals surface area contributed by atoms with Crippen molar-refractivity contribution in [2.45, 2.75) is 78.0 Å². The van der Waals surface area contributed by atoms with E-state index in [2.05, 4.69) is 99.7 Å². The number of nitrogens with one attached hydrogen (secondary N) is 3. The van der Waals surface area contributed by atoms with Crippen molar-refractivity contribution in [3.8, 4) is 33.6 Å². The first-order chi connectivity index (χ1) is 25.5. The number of methoxy groups -OCH3 is 1. The Morgan fingerprint density at radius 2 is 1.38 bits per heavy atom. The fourth-order valence-electron chi connectivity index (χ4n) is 7.24. The molecule has 2 saturated heterocycles. The third kappa shape index (κ3) is 7.94. The lowest BCUT2D eigenvalue weighted by Crippen LogP contribution is -2.36. The number of hydrogen-bond acceptors (Lipinski definition) is 7. The lowest BCUT2D eigenvalue weighted by Gasteiger charge is -2.27. The topological polar surface area (TPSA) is 128 Å². The number of carbonyl (C=O) groups is 2. The van der Waals surface area contributed by atoms with Crippen LogP contribution in [0.25, 0.3) is 44.4 Å². The number of ether oxygens (including phenoxy) is 2. The number of rotatable bonds is 8. The van der Waals surface area contributed by atoms with E-state index < -0.39 is 11.7 Å². The molecule has 0 radical (unpaired) electrons. The average molecular weight is 716 g/mol. The predicted octanol–water partition coefficient (Wildman–Crippen LogP) is 9.35. The molecule has 0 bridgehead atoms. The van der Waals surface area contributed by atoms with E-state index in [0.717, 1.165) is 94.0 Å². The van der Waals surface area contributed by atoms with Crippen molar-refractivity contribution in [1.29, 1.82) is 0 Å². The van der Waals surface area contributed by atoms with Crippen molar-refractivity contribution in [3.63, 3.8) is 0 Å². The molecule has 4 heterocycles. The number of imidazole rings is 2. The zero-order chi connectivity index (χ0) is 37.3. The number of carbonyl (C=O) groups excluding carboxylic acids is 2. The highest BCUT2D eigenvalue weighted by Gasteiger charge is 2.35. The molecule has 2 unspecified atom stereocenters. The van der Waals surface area contributed by atoms with E-state index in [1.54, 1.807) is 4.90 Å². The number of hydrogen-bond donors (Lipinski definition) is 3. The van der Waals surface area contributed by atoms with Crippen LogP contribution in [0, 0.1) is 5.92 Å². The quantitative estimate of drug-likeness (QED) is 0.146. The first kappa shape index (κ1) is 35.8. The van der Waals surface area contributed by atoms with Gasteiger partial charge in [0.25, 0.3) is 0 Å². The molecule has 5 aromatic rings. The van der Waals surface area contributed by atoms with E-state index in [1.807, 2.05) is 39.4 Å². The Hall–Kier alpha value is -5.58. The molecule has 2 aromatic heterocycles. The van der Waals surface area contributed by atoms with Crippen molar-refractivity contribution in [3.05, 3.63) is 96.6 Å². The van der Waals surface area contributed by atoms with Crippen molar-refractivity contribution < 1.29 is 19.1 Å². The van der Waals surface area contributed by atoms with Crippen molar-refractivity contribution in [2.75, 3.05) is 20.2 Å². The minimum absolute atomic E-state index is 0.100. The van der Waals surface area contributed by atoms with E-state index in [-0.39, 0.29) is 24.1 Å². The fourth-order valence-corrected chi connectivity index (χ4v) is 7.24. The molecule has 2 fully saturated rings. The van der Waals surface area contributed by atoms with E-state index in [9.17, 15) is 9.59 Å². The van der Waals surface area contributed by atoms with Crippen molar-refractivity contribution in [2.24, 2.45) is 5.92 Å². The van der Waals surface area contributed by atoms with Gasteiger partial charge in [0.2, 0.25) is 0 Å². The van der Waals surface area contributed by atoms with Gasteiger partial charge in [0.15, 0.2) is 0 Å². The Kier molecular flexibility index (Phi) is 10.0. The number of nitrogens with zero attached hydrogens (tertiary/aromatic N) is 4. The Morgan fingerprint density at radius 3 is 2.04 bits per heavy atom. The van der Waals surface area contributed by atoms with Crippen LogP contribution in [0.15, 0.2) is 85.0 Å². The molecule has 3 N–H and O–H groups in total. The van der Waals surface area contributed by atoms with Gasteiger partial charge >= 0.3 is 12.2 Å². The lowest BCUT2D eigenvalue weighted by molar-refractivity contribution is 0.0218. The number of amides is 2. The van der Waals surface area contributed by atoms with Gasteiger partial charge in [-0.2, -0.15) is 0 Å². The summed E-state index contributed by atoms with van der Waals surface area (Å²) >= 11 is 0. The van der Waals surface area contributed by atoms with Gasteiger partial charge in [0.1, 0.15) is 17.2 Å². The number of aromatic nitrogens is 4. The number of H-pyrrole nitrogens is 2. The van der Waals surface area contributed by atoms with Gasteiger partial charge in [-0.3, -0.25) is 10.2 Å². The van der Waals surface area contributed by atoms with Crippen LogP contribution in [-0.4, -0.2) is 67.7 Å². The van der Waals surface area contributed by atoms with Crippen LogP contribution in [0.4, 0.5) is 9.59 Å². The fraction of sp³-hybridized carbons (Fsp3) is 0.381. The highest BCUT2D eigenvalue weighted by atomic mass is 16.6. The molecule has 11 heteroatoms. The summed E-state index contributed by atoms with van der Waals surface area (Å²) in [5, 5.41) is 5.17. The van der Waals surface area contributed by atoms with Gasteiger partial charge in [-0.1, -0.05) is 62.4 Å². The summed E-state index contributed by atoms with van der Waals surface area (Å²) in [6, 6.07) is 21.5. The number of benzene rings is 3. The van der Waals surface area contributed by atoms with Crippen LogP contribution in [0.3, 0.4) is 0 Å². The average Bonchev–Trinajstić information content (AvgIpc) is 3.97. The summed E-state index contributed by atoms with van der Waals surface area (Å²) in [7, 11) is 1.38. The molecule has 276 valence electrons. The van der Waals surface area contributed by atoms with Gasteiger partial charge < -0.3 is 24.3 Å². The van der Waals surface area contributed by atoms with Gasteiger partial charge in [-0.25, -0.2) is 19.6 Å². The van der Waals surface area contributed by atoms with E-state index >= 15 is 0 Å². The molecule has 2 aliphatic heterocycles. The smallest absolute Gasteiger partial charge is 0.411 e. The largest absolute Gasteiger partial charge is 0.453 e. The molecule has 11 nitrogen and oxygen atoms in total. The molecule has 0 spiro atoms. The maximum Gasteiger partial charge on any atom is 0.411 e. The zero-order valence-electron chi connectivity index (χ0n) is 31.4. The molecule has 2 aliphatic rings. The monoisotopic (exact) mass is 715 g/mol. The first-order valence-electron chi connectivity index (χ1n) is 18.5. The standard InChI is InChI=1S/C42H49N7O4/c1-26(2)35(47-40(50)52-6)25-48-19-7-9-36(48)38-43-24-34(46-38)32-18-17-30-21-29(15-16-31(30)22-32)27-11-13-28(14-12-27)33-23-44-39(45-33)37-10-8-20-49(37)41(51)53-42(3,4)5/h11-18,21-26,36-37H,7-10,19-20H2,1-6H3,(H,43,46)(H,44,45)(H,47,50). The van der Waals surface area contributed by atoms with Crippen LogP contribution in [-0.2, 0) is 9.47 Å². The van der Waals surface area contributed by atoms with Crippen molar-refractivity contribution in [1.82, 2.24) is 35.1 Å². The second-order valence-corrected chi connectivity index (χ2v) is 15.3. The van der Waals surface area contributed by atoms with E-state index in [4.69, 9.17) is 14.5 Å². The highest BCUT2D eigenvalue weighted by Crippen LogP contribution is 2.35. The number of aromatic amines is 2. The summed E-state index contributed by atoms with van der Waals surface area (Å²) in [6.07, 6.45) is 8.84. The lowest BCUT2D eigenvalue weighted by atomic mass is 9.98. The minimum Gasteiger partial charge on any atom is -0.453 e. The SMILES string of the molecule is COC(=O)NC(=CN1CCCC1c1ncc(-c2ccc3cc(-c4ccc(-c5cnc(C6CCCN6C(=O)OC(C)(C)C)[nH]5)cc4)ccc3c2)[nH]1)C(C)C. The maximum atomic E-state index is 12.8.